The molecule has 27 heavy (non-hydrogen) atoms. The molecule has 4 rings (SSSR count). The molecule has 0 unspecified atom stereocenters. The Kier molecular flexibility index (Phi) is 4.81. The van der Waals surface area contributed by atoms with E-state index in [0.29, 0.717) is 42.2 Å². The monoisotopic (exact) mass is 406 g/mol. The lowest BCUT2D eigenvalue weighted by Crippen LogP contribution is -2.48. The van der Waals surface area contributed by atoms with Gasteiger partial charge in [-0.1, -0.05) is 23.7 Å². The fraction of sp³-hybridized carbons (Fsp3) is 0.278. The molecule has 0 spiro atoms. The van der Waals surface area contributed by atoms with E-state index in [-0.39, 0.29) is 10.6 Å². The van der Waals surface area contributed by atoms with Gasteiger partial charge in [-0.25, -0.2) is 13.2 Å². The maximum Gasteiger partial charge on any atom is 0.323 e. The van der Waals surface area contributed by atoms with Crippen molar-refractivity contribution in [1.82, 2.24) is 19.2 Å². The van der Waals surface area contributed by atoms with Crippen LogP contribution in [-0.2, 0) is 16.6 Å². The Labute approximate surface area is 161 Å². The van der Waals surface area contributed by atoms with E-state index < -0.39 is 10.0 Å². The van der Waals surface area contributed by atoms with Gasteiger partial charge < -0.3 is 9.97 Å². The number of nitrogens with one attached hydrogen (secondary N) is 2. The lowest BCUT2D eigenvalue weighted by molar-refractivity contribution is 0.181. The van der Waals surface area contributed by atoms with Gasteiger partial charge in [-0.2, -0.15) is 4.31 Å². The summed E-state index contributed by atoms with van der Waals surface area (Å²) in [4.78, 5) is 19.0. The molecule has 0 radical (unpaired) electrons. The second kappa shape index (κ2) is 7.12. The summed E-state index contributed by atoms with van der Waals surface area (Å²) >= 11 is 6.03. The first-order chi connectivity index (χ1) is 12.9. The number of halogens is 1. The first kappa shape index (κ1) is 18.2. The van der Waals surface area contributed by atoms with E-state index in [9.17, 15) is 13.2 Å². The number of aromatic amines is 2. The summed E-state index contributed by atoms with van der Waals surface area (Å²) in [6, 6.07) is 12.3. The number of aromatic nitrogens is 2. The standard InChI is InChI=1S/C18H19ClN4O3S/c19-14-3-1-2-13(10-14)12-22-6-8-23(9-7-22)27(25,26)15-4-5-16-17(11-15)21-18(24)20-16/h1-5,10-11H,6-9,12H2,(H2,20,21,24). The van der Waals surface area contributed by atoms with Crippen molar-refractivity contribution in [3.05, 3.63) is 63.5 Å². The van der Waals surface area contributed by atoms with Gasteiger partial charge in [-0.15, -0.1) is 0 Å². The molecule has 142 valence electrons. The van der Waals surface area contributed by atoms with E-state index >= 15 is 0 Å². The van der Waals surface area contributed by atoms with E-state index in [1.54, 1.807) is 6.07 Å². The van der Waals surface area contributed by atoms with Crippen LogP contribution in [0.3, 0.4) is 0 Å². The smallest absolute Gasteiger partial charge is 0.306 e. The molecular formula is C18H19ClN4O3S. The third-order valence-electron chi connectivity index (χ3n) is 4.75. The molecule has 0 bridgehead atoms. The zero-order chi connectivity index (χ0) is 19.0. The number of hydrogen-bond donors (Lipinski definition) is 2. The summed E-state index contributed by atoms with van der Waals surface area (Å²) in [7, 11) is -3.60. The minimum atomic E-state index is -3.60. The summed E-state index contributed by atoms with van der Waals surface area (Å²) in [5.74, 6) is 0. The van der Waals surface area contributed by atoms with Crippen LogP contribution in [0.1, 0.15) is 5.56 Å². The van der Waals surface area contributed by atoms with Gasteiger partial charge in [0, 0.05) is 37.7 Å². The molecule has 1 aliphatic heterocycles. The van der Waals surface area contributed by atoms with Gasteiger partial charge in [0.05, 0.1) is 15.9 Å². The molecule has 1 aromatic heterocycles. The van der Waals surface area contributed by atoms with Crippen molar-refractivity contribution >= 4 is 32.7 Å². The first-order valence-electron chi connectivity index (χ1n) is 8.61. The van der Waals surface area contributed by atoms with Gasteiger partial charge in [0.15, 0.2) is 0 Å². The second-order valence-electron chi connectivity index (χ2n) is 6.60. The van der Waals surface area contributed by atoms with Crippen LogP contribution in [-0.4, -0.2) is 53.8 Å². The predicted octanol–water partition coefficient (Wildman–Crippen LogP) is 2.02. The number of hydrogen-bond acceptors (Lipinski definition) is 4. The molecule has 7 nitrogen and oxygen atoms in total. The zero-order valence-corrected chi connectivity index (χ0v) is 16.1. The maximum atomic E-state index is 12.9. The Hall–Kier alpha value is -2.13. The molecule has 2 heterocycles. The van der Waals surface area contributed by atoms with E-state index in [4.69, 9.17) is 11.6 Å². The van der Waals surface area contributed by atoms with E-state index in [2.05, 4.69) is 14.9 Å². The van der Waals surface area contributed by atoms with Crippen LogP contribution in [0, 0.1) is 0 Å². The molecule has 2 N–H and O–H groups in total. The summed E-state index contributed by atoms with van der Waals surface area (Å²) in [5.41, 5.74) is 1.83. The molecule has 1 fully saturated rings. The topological polar surface area (TPSA) is 89.3 Å². The minimum absolute atomic E-state index is 0.188. The maximum absolute atomic E-state index is 12.9. The summed E-state index contributed by atoms with van der Waals surface area (Å²) in [6.45, 7) is 2.88. The van der Waals surface area contributed by atoms with Crippen LogP contribution < -0.4 is 5.69 Å². The Morgan fingerprint density at radius 1 is 0.963 bits per heavy atom. The largest absolute Gasteiger partial charge is 0.323 e. The summed E-state index contributed by atoms with van der Waals surface area (Å²) in [5, 5.41) is 0.701. The van der Waals surface area contributed by atoms with Gasteiger partial charge in [0.2, 0.25) is 10.0 Å². The number of nitrogens with zero attached hydrogens (tertiary/aromatic N) is 2. The molecule has 0 atom stereocenters. The summed E-state index contributed by atoms with van der Waals surface area (Å²) in [6.07, 6.45) is 0. The Balaban J connectivity index is 1.46. The van der Waals surface area contributed by atoms with E-state index in [1.807, 2.05) is 24.3 Å². The van der Waals surface area contributed by atoms with Crippen LogP contribution in [0.2, 0.25) is 5.02 Å². The molecule has 9 heteroatoms. The highest BCUT2D eigenvalue weighted by Gasteiger charge is 2.28. The van der Waals surface area contributed by atoms with Crippen molar-refractivity contribution in [1.29, 1.82) is 0 Å². The predicted molar refractivity (Wildman–Crippen MR) is 104 cm³/mol. The van der Waals surface area contributed by atoms with Crippen molar-refractivity contribution in [3.63, 3.8) is 0 Å². The zero-order valence-electron chi connectivity index (χ0n) is 14.5. The van der Waals surface area contributed by atoms with E-state index in [0.717, 1.165) is 12.1 Å². The average Bonchev–Trinajstić information content (AvgIpc) is 3.01. The number of H-pyrrole nitrogens is 2. The van der Waals surface area contributed by atoms with Crippen molar-refractivity contribution in [2.75, 3.05) is 26.2 Å². The van der Waals surface area contributed by atoms with Gasteiger partial charge >= 0.3 is 5.69 Å². The molecule has 0 aliphatic carbocycles. The number of sulfonamides is 1. The SMILES string of the molecule is O=c1[nH]c2ccc(S(=O)(=O)N3CCN(Cc4cccc(Cl)c4)CC3)cc2[nH]1. The number of fused-ring (bicyclic) bond motifs is 1. The van der Waals surface area contributed by atoms with Crippen molar-refractivity contribution in [2.24, 2.45) is 0 Å². The minimum Gasteiger partial charge on any atom is -0.306 e. The molecule has 0 amide bonds. The third kappa shape index (κ3) is 3.79. The molecule has 1 saturated heterocycles. The van der Waals surface area contributed by atoms with Crippen molar-refractivity contribution < 1.29 is 8.42 Å². The quantitative estimate of drug-likeness (QED) is 0.693. The lowest BCUT2D eigenvalue weighted by atomic mass is 10.2. The fourth-order valence-electron chi connectivity index (χ4n) is 3.34. The Bertz CT molecular complexity index is 1130. The fourth-order valence-corrected chi connectivity index (χ4v) is 5.00. The molecule has 0 saturated carbocycles. The van der Waals surface area contributed by atoms with Crippen LogP contribution in [0.5, 0.6) is 0 Å². The number of rotatable bonds is 4. The number of benzene rings is 2. The van der Waals surface area contributed by atoms with Gasteiger partial charge in [0.25, 0.3) is 0 Å². The Morgan fingerprint density at radius 2 is 1.70 bits per heavy atom. The van der Waals surface area contributed by atoms with Crippen LogP contribution in [0.4, 0.5) is 0 Å². The van der Waals surface area contributed by atoms with Crippen LogP contribution in [0.25, 0.3) is 11.0 Å². The normalized spacial score (nSPS) is 16.8. The van der Waals surface area contributed by atoms with E-state index in [1.165, 1.54) is 16.4 Å². The van der Waals surface area contributed by atoms with Crippen LogP contribution in [0.15, 0.2) is 52.2 Å². The molecule has 2 aromatic carbocycles. The van der Waals surface area contributed by atoms with Crippen molar-refractivity contribution in [2.45, 2.75) is 11.4 Å². The number of imidazole rings is 1. The highest BCUT2D eigenvalue weighted by molar-refractivity contribution is 7.89. The second-order valence-corrected chi connectivity index (χ2v) is 8.97. The average molecular weight is 407 g/mol. The van der Waals surface area contributed by atoms with Crippen LogP contribution >= 0.6 is 11.6 Å². The molecule has 1 aliphatic rings. The highest BCUT2D eigenvalue weighted by atomic mass is 35.5. The number of piperazine rings is 1. The van der Waals surface area contributed by atoms with Gasteiger partial charge in [-0.3, -0.25) is 4.90 Å². The highest BCUT2D eigenvalue weighted by Crippen LogP contribution is 2.21. The lowest BCUT2D eigenvalue weighted by Gasteiger charge is -2.34. The van der Waals surface area contributed by atoms with Gasteiger partial charge in [-0.05, 0) is 35.9 Å². The summed E-state index contributed by atoms with van der Waals surface area (Å²) < 4.78 is 27.4. The van der Waals surface area contributed by atoms with Crippen molar-refractivity contribution in [3.8, 4) is 0 Å². The molecular weight excluding hydrogens is 388 g/mol. The van der Waals surface area contributed by atoms with Gasteiger partial charge in [0.1, 0.15) is 0 Å². The molecule has 3 aromatic rings. The third-order valence-corrected chi connectivity index (χ3v) is 6.88. The first-order valence-corrected chi connectivity index (χ1v) is 10.4. The Morgan fingerprint density at radius 3 is 2.44 bits per heavy atom.